The standard InChI is InChI=1S/C35H54O15/c1-32-8-5-18(12-17(32)3-4-21-20(32)6-9-33(2)19(7-10-34(21,33)43)16-11-24(38)46-15-16)47-31-28(42)35(44,45)29(23(14-37)49-31)50-30-27(41)26(40)25(39)22(13-36)48-30/h11,17-23,25-31,36-37,39-45H,3-10,12-15H2,1-2H3. The second-order valence-corrected chi connectivity index (χ2v) is 16.5. The van der Waals surface area contributed by atoms with E-state index in [9.17, 15) is 50.8 Å². The fraction of sp³-hybridized carbons (Fsp3) is 0.914. The number of carbonyl (C=O) groups is 1. The Hall–Kier alpha value is -1.31. The lowest BCUT2D eigenvalue weighted by molar-refractivity contribution is -0.424. The van der Waals surface area contributed by atoms with Gasteiger partial charge in [-0.2, -0.15) is 0 Å². The molecule has 15 nitrogen and oxygen atoms in total. The van der Waals surface area contributed by atoms with Crippen molar-refractivity contribution in [1.29, 1.82) is 0 Å². The van der Waals surface area contributed by atoms with E-state index in [1.54, 1.807) is 6.08 Å². The van der Waals surface area contributed by atoms with Gasteiger partial charge in [-0.3, -0.25) is 0 Å². The average molecular weight is 715 g/mol. The zero-order valence-corrected chi connectivity index (χ0v) is 28.6. The molecule has 0 bridgehead atoms. The predicted molar refractivity (Wildman–Crippen MR) is 168 cm³/mol. The lowest BCUT2D eigenvalue weighted by atomic mass is 9.43. The van der Waals surface area contributed by atoms with Crippen LogP contribution in [0.15, 0.2) is 11.6 Å². The van der Waals surface area contributed by atoms with E-state index in [4.69, 9.17) is 23.7 Å². The zero-order chi connectivity index (χ0) is 36.0. The first kappa shape index (κ1) is 37.0. The van der Waals surface area contributed by atoms with Crippen LogP contribution >= 0.6 is 0 Å². The van der Waals surface area contributed by atoms with Crippen LogP contribution < -0.4 is 0 Å². The van der Waals surface area contributed by atoms with Crippen LogP contribution in [0.4, 0.5) is 0 Å². The number of cyclic esters (lactones) is 1. The molecule has 50 heavy (non-hydrogen) atoms. The summed E-state index contributed by atoms with van der Waals surface area (Å²) in [4.78, 5) is 11.9. The first-order chi connectivity index (χ1) is 23.6. The van der Waals surface area contributed by atoms with Crippen molar-refractivity contribution in [2.24, 2.45) is 34.5 Å². The van der Waals surface area contributed by atoms with Crippen molar-refractivity contribution in [3.8, 4) is 0 Å². The summed E-state index contributed by atoms with van der Waals surface area (Å²) in [7, 11) is 0. The summed E-state index contributed by atoms with van der Waals surface area (Å²) in [5.74, 6) is -2.57. The Bertz CT molecular complexity index is 1310. The molecule has 3 heterocycles. The summed E-state index contributed by atoms with van der Waals surface area (Å²) in [5, 5.41) is 96.1. The molecule has 17 unspecified atom stereocenters. The molecule has 0 aromatic heterocycles. The molecule has 0 spiro atoms. The Morgan fingerprint density at radius 2 is 1.52 bits per heavy atom. The topological polar surface area (TPSA) is 245 Å². The van der Waals surface area contributed by atoms with Gasteiger partial charge in [-0.15, -0.1) is 0 Å². The number of aliphatic hydroxyl groups is 9. The SMILES string of the molecule is CC12CCC(OC3OC(CO)C(OC4OC(CO)C(O)C(O)C4O)C(O)(O)C3O)CC1CCC1C2CCC2(C)C(C3=CC(=O)OC3)CCC12O. The second-order valence-electron chi connectivity index (χ2n) is 16.5. The third-order valence-electron chi connectivity index (χ3n) is 14.3. The van der Waals surface area contributed by atoms with Crippen molar-refractivity contribution in [3.63, 3.8) is 0 Å². The van der Waals surface area contributed by atoms with Gasteiger partial charge in [0.25, 0.3) is 0 Å². The van der Waals surface area contributed by atoms with Crippen molar-refractivity contribution in [2.45, 2.75) is 144 Å². The largest absolute Gasteiger partial charge is 0.458 e. The van der Waals surface area contributed by atoms with E-state index >= 15 is 0 Å². The van der Waals surface area contributed by atoms with Crippen LogP contribution in [-0.2, 0) is 28.5 Å². The van der Waals surface area contributed by atoms with E-state index in [1.165, 1.54) is 0 Å². The van der Waals surface area contributed by atoms with Crippen molar-refractivity contribution in [1.82, 2.24) is 0 Å². The van der Waals surface area contributed by atoms with Gasteiger partial charge in [-0.05, 0) is 92.4 Å². The minimum atomic E-state index is -3.06. The molecule has 0 amide bonds. The van der Waals surface area contributed by atoms with E-state index < -0.39 is 86.0 Å². The van der Waals surface area contributed by atoms with Gasteiger partial charge >= 0.3 is 5.97 Å². The molecule has 2 saturated heterocycles. The summed E-state index contributed by atoms with van der Waals surface area (Å²) < 4.78 is 28.1. The fourth-order valence-corrected chi connectivity index (χ4v) is 11.4. The number of fused-ring (bicyclic) bond motifs is 5. The first-order valence-electron chi connectivity index (χ1n) is 18.2. The molecule has 7 rings (SSSR count). The molecule has 0 aromatic carbocycles. The molecule has 4 aliphatic carbocycles. The van der Waals surface area contributed by atoms with E-state index in [0.717, 1.165) is 44.1 Å². The zero-order valence-electron chi connectivity index (χ0n) is 28.6. The van der Waals surface area contributed by atoms with Crippen LogP contribution in [0, 0.1) is 34.5 Å². The van der Waals surface area contributed by atoms with Gasteiger partial charge < -0.3 is 69.6 Å². The monoisotopic (exact) mass is 714 g/mol. The van der Waals surface area contributed by atoms with Gasteiger partial charge in [0.2, 0.25) is 5.79 Å². The van der Waals surface area contributed by atoms with Crippen LogP contribution in [0.25, 0.3) is 0 Å². The lowest BCUT2D eigenvalue weighted by Crippen LogP contribution is -2.70. The average Bonchev–Trinajstić information content (AvgIpc) is 3.63. The van der Waals surface area contributed by atoms with Crippen molar-refractivity contribution in [3.05, 3.63) is 11.6 Å². The molecule has 0 radical (unpaired) electrons. The molecular weight excluding hydrogens is 660 g/mol. The number of hydrogen-bond acceptors (Lipinski definition) is 15. The highest BCUT2D eigenvalue weighted by atomic mass is 16.8. The second kappa shape index (κ2) is 13.2. The molecule has 17 atom stereocenters. The Kier molecular flexibility index (Phi) is 9.79. The van der Waals surface area contributed by atoms with Gasteiger partial charge in [0.05, 0.1) is 24.9 Å². The minimum absolute atomic E-state index is 0.0641. The molecule has 284 valence electrons. The summed E-state index contributed by atoms with van der Waals surface area (Å²) in [6, 6.07) is 0. The number of aliphatic hydroxyl groups excluding tert-OH is 6. The molecule has 6 fully saturated rings. The van der Waals surface area contributed by atoms with Crippen LogP contribution in [0.5, 0.6) is 0 Å². The summed E-state index contributed by atoms with van der Waals surface area (Å²) >= 11 is 0. The first-order valence-corrected chi connectivity index (χ1v) is 18.2. The molecule has 3 aliphatic heterocycles. The quantitative estimate of drug-likeness (QED) is 0.0834. The summed E-state index contributed by atoms with van der Waals surface area (Å²) in [5.41, 5.74) is -0.235. The maximum absolute atomic E-state index is 12.5. The van der Waals surface area contributed by atoms with Gasteiger partial charge in [0, 0.05) is 11.5 Å². The number of esters is 1. The maximum Gasteiger partial charge on any atom is 0.331 e. The van der Waals surface area contributed by atoms with Crippen molar-refractivity contribution < 1.29 is 74.4 Å². The maximum atomic E-state index is 12.5. The van der Waals surface area contributed by atoms with E-state index in [-0.39, 0.29) is 34.6 Å². The fourth-order valence-electron chi connectivity index (χ4n) is 11.4. The molecule has 7 aliphatic rings. The van der Waals surface area contributed by atoms with Gasteiger partial charge in [0.15, 0.2) is 18.7 Å². The van der Waals surface area contributed by atoms with E-state index in [1.807, 2.05) is 0 Å². The number of ether oxygens (including phenoxy) is 5. The van der Waals surface area contributed by atoms with Crippen LogP contribution in [-0.4, -0.2) is 145 Å². The Labute approximate surface area is 290 Å². The van der Waals surface area contributed by atoms with Gasteiger partial charge in [0.1, 0.15) is 43.2 Å². The molecule has 4 saturated carbocycles. The highest BCUT2D eigenvalue weighted by molar-refractivity contribution is 5.85. The van der Waals surface area contributed by atoms with Crippen molar-refractivity contribution >= 4 is 5.97 Å². The van der Waals surface area contributed by atoms with Crippen LogP contribution in [0.2, 0.25) is 0 Å². The summed E-state index contributed by atoms with van der Waals surface area (Å²) in [6.45, 7) is 3.28. The highest BCUT2D eigenvalue weighted by Gasteiger charge is 2.68. The van der Waals surface area contributed by atoms with Crippen LogP contribution in [0.3, 0.4) is 0 Å². The lowest BCUT2D eigenvalue weighted by Gasteiger charge is -2.64. The van der Waals surface area contributed by atoms with Crippen molar-refractivity contribution in [2.75, 3.05) is 19.8 Å². The predicted octanol–water partition coefficient (Wildman–Crippen LogP) is -1.43. The molecule has 15 heteroatoms. The van der Waals surface area contributed by atoms with Gasteiger partial charge in [-0.25, -0.2) is 4.79 Å². The third-order valence-corrected chi connectivity index (χ3v) is 14.3. The molecule has 0 aromatic rings. The summed E-state index contributed by atoms with van der Waals surface area (Å²) in [6.07, 6.45) is -7.06. The number of hydrogen-bond donors (Lipinski definition) is 9. The third kappa shape index (κ3) is 5.62. The number of rotatable bonds is 7. The van der Waals surface area contributed by atoms with E-state index in [0.29, 0.717) is 31.8 Å². The minimum Gasteiger partial charge on any atom is -0.458 e. The Morgan fingerprint density at radius 3 is 2.20 bits per heavy atom. The molecular formula is C35H54O15. The highest BCUT2D eigenvalue weighted by Crippen LogP contribution is 2.70. The Balaban J connectivity index is 1.01. The van der Waals surface area contributed by atoms with Crippen LogP contribution in [0.1, 0.15) is 71.6 Å². The smallest absolute Gasteiger partial charge is 0.331 e. The normalized spacial score (nSPS) is 53.2. The molecule has 9 N–H and O–H groups in total. The van der Waals surface area contributed by atoms with Gasteiger partial charge in [-0.1, -0.05) is 13.8 Å². The Morgan fingerprint density at radius 1 is 0.800 bits per heavy atom. The van der Waals surface area contributed by atoms with E-state index in [2.05, 4.69) is 13.8 Å². The number of carbonyl (C=O) groups excluding carboxylic acids is 1.